The molecule has 0 radical (unpaired) electrons. The topological polar surface area (TPSA) is 61.1 Å². The summed E-state index contributed by atoms with van der Waals surface area (Å²) in [5.74, 6) is 1.51. The quantitative estimate of drug-likeness (QED) is 0.444. The lowest BCUT2D eigenvalue weighted by atomic mass is 9.35. The predicted octanol–water partition coefficient (Wildman–Crippen LogP) is 7.79. The normalized spacial score (nSPS) is 49.0. The fourth-order valence-electron chi connectivity index (χ4n) is 9.71. The lowest BCUT2D eigenvalue weighted by Crippen LogP contribution is -2.62. The van der Waals surface area contributed by atoms with Crippen LogP contribution >= 0.6 is 0 Å². The molecule has 182 valence electrons. The first-order chi connectivity index (χ1) is 15.4. The molecular weight excluding hydrogens is 406 g/mol. The number of aliphatic carboxylic acids is 1. The van der Waals surface area contributed by atoms with Gasteiger partial charge in [0.2, 0.25) is 0 Å². The highest BCUT2D eigenvalue weighted by molar-refractivity contribution is 5.76. The van der Waals surface area contributed by atoms with Crippen molar-refractivity contribution in [3.8, 4) is 6.07 Å². The maximum Gasteiger partial charge on any atom is 0.310 e. The van der Waals surface area contributed by atoms with Gasteiger partial charge in [0.1, 0.15) is 0 Å². The van der Waals surface area contributed by atoms with Crippen LogP contribution in [0, 0.1) is 62.6 Å². The summed E-state index contributed by atoms with van der Waals surface area (Å²) in [4.78, 5) is 12.8. The molecule has 0 spiro atoms. The molecule has 33 heavy (non-hydrogen) atoms. The number of allylic oxidation sites excluding steroid dienone is 3. The third-order valence-electron chi connectivity index (χ3n) is 12.1. The Hall–Kier alpha value is -1.56. The van der Waals surface area contributed by atoms with E-state index in [0.29, 0.717) is 30.1 Å². The first-order valence-corrected chi connectivity index (χ1v) is 13.4. The Morgan fingerprint density at radius 3 is 2.48 bits per heavy atom. The molecule has 4 rings (SSSR count). The molecule has 3 saturated carbocycles. The number of fused-ring (bicyclic) bond motifs is 5. The zero-order chi connectivity index (χ0) is 24.4. The van der Waals surface area contributed by atoms with Gasteiger partial charge in [-0.05, 0) is 104 Å². The van der Waals surface area contributed by atoms with Gasteiger partial charge in [0.05, 0.1) is 11.5 Å². The van der Waals surface area contributed by atoms with Gasteiger partial charge < -0.3 is 5.11 Å². The highest BCUT2D eigenvalue weighted by Gasteiger charge is 2.67. The molecule has 0 aromatic heterocycles. The summed E-state index contributed by atoms with van der Waals surface area (Å²) in [6.07, 6.45) is 11.0. The maximum absolute atomic E-state index is 12.8. The Bertz CT molecular complexity index is 913. The standard InChI is InChI=1S/C30H45NO2/c1-19(2)22-12-14-29(7)24(27(22,5)13-8-18-31)10-9-23-25-21(4)20(3)11-15-30(25,26(32)33)17-16-28(23,29)6/h9,20-22,24-25H,1,8,10-17H2,2-7H3,(H,32,33)/t20-,21+,22+,24-,25+,27+,28-,29-,30+/m1/s1. The van der Waals surface area contributed by atoms with Crippen LogP contribution in [-0.4, -0.2) is 11.1 Å². The van der Waals surface area contributed by atoms with Gasteiger partial charge in [-0.15, -0.1) is 0 Å². The van der Waals surface area contributed by atoms with Gasteiger partial charge in [0, 0.05) is 6.42 Å². The third kappa shape index (κ3) is 3.15. The van der Waals surface area contributed by atoms with Crippen LogP contribution in [-0.2, 0) is 4.79 Å². The van der Waals surface area contributed by atoms with Gasteiger partial charge in [-0.3, -0.25) is 4.79 Å². The van der Waals surface area contributed by atoms with Crippen molar-refractivity contribution >= 4 is 5.97 Å². The second-order valence-corrected chi connectivity index (χ2v) is 13.1. The van der Waals surface area contributed by atoms with E-state index in [1.165, 1.54) is 17.6 Å². The van der Waals surface area contributed by atoms with Gasteiger partial charge in [-0.25, -0.2) is 0 Å². The summed E-state index contributed by atoms with van der Waals surface area (Å²) >= 11 is 0. The van der Waals surface area contributed by atoms with E-state index >= 15 is 0 Å². The van der Waals surface area contributed by atoms with Crippen molar-refractivity contribution in [2.24, 2.45) is 51.2 Å². The second kappa shape index (κ2) is 8.00. The summed E-state index contributed by atoms with van der Waals surface area (Å²) < 4.78 is 0. The zero-order valence-electron chi connectivity index (χ0n) is 21.8. The monoisotopic (exact) mass is 451 g/mol. The van der Waals surface area contributed by atoms with Gasteiger partial charge in [-0.2, -0.15) is 5.26 Å². The number of nitriles is 1. The number of rotatable bonds is 4. The van der Waals surface area contributed by atoms with E-state index in [1.807, 2.05) is 0 Å². The largest absolute Gasteiger partial charge is 0.481 e. The molecule has 3 nitrogen and oxygen atoms in total. The van der Waals surface area contributed by atoms with Crippen LogP contribution in [0.4, 0.5) is 0 Å². The Labute approximate surface area is 201 Å². The Morgan fingerprint density at radius 1 is 1.18 bits per heavy atom. The lowest BCUT2D eigenvalue weighted by molar-refractivity contribution is -0.173. The fraction of sp³-hybridized carbons (Fsp3) is 0.800. The van der Waals surface area contributed by atoms with Gasteiger partial charge in [0.25, 0.3) is 0 Å². The second-order valence-electron chi connectivity index (χ2n) is 13.1. The Morgan fingerprint density at radius 2 is 1.88 bits per heavy atom. The average Bonchev–Trinajstić information content (AvgIpc) is 2.75. The molecule has 3 heteroatoms. The number of hydrogen-bond donors (Lipinski definition) is 1. The summed E-state index contributed by atoms with van der Waals surface area (Å²) in [5.41, 5.74) is 2.37. The van der Waals surface area contributed by atoms with Crippen molar-refractivity contribution in [1.29, 1.82) is 5.26 Å². The molecule has 9 atom stereocenters. The molecule has 0 aliphatic heterocycles. The van der Waals surface area contributed by atoms with Crippen LogP contribution in [0.2, 0.25) is 0 Å². The molecule has 0 aromatic carbocycles. The highest BCUT2D eigenvalue weighted by Crippen LogP contribution is 2.74. The summed E-state index contributed by atoms with van der Waals surface area (Å²) in [5, 5.41) is 20.0. The van der Waals surface area contributed by atoms with Crippen LogP contribution < -0.4 is 0 Å². The van der Waals surface area contributed by atoms with Crippen LogP contribution in [0.1, 0.15) is 99.3 Å². The number of carboxylic acid groups (broad SMARTS) is 1. The van der Waals surface area contributed by atoms with Crippen molar-refractivity contribution in [3.05, 3.63) is 23.8 Å². The minimum Gasteiger partial charge on any atom is -0.481 e. The minimum absolute atomic E-state index is 0.0266. The molecule has 0 saturated heterocycles. The Balaban J connectivity index is 1.84. The number of carbonyl (C=O) groups is 1. The Kier molecular flexibility index (Phi) is 5.95. The van der Waals surface area contributed by atoms with Crippen molar-refractivity contribution in [2.75, 3.05) is 0 Å². The first-order valence-electron chi connectivity index (χ1n) is 13.4. The molecule has 0 unspecified atom stereocenters. The highest BCUT2D eigenvalue weighted by atomic mass is 16.4. The van der Waals surface area contributed by atoms with Crippen LogP contribution in [0.25, 0.3) is 0 Å². The third-order valence-corrected chi connectivity index (χ3v) is 12.1. The fourth-order valence-corrected chi connectivity index (χ4v) is 9.71. The SMILES string of the molecule is C=C(C)[C@@H]1CC[C@]2(C)[C@H](CC=C3[C@@H]4[C@@H](C)[C@H](C)CC[C@]4(C(=O)O)CC[C@]32C)[C@@]1(C)CCC#N. The van der Waals surface area contributed by atoms with E-state index in [2.05, 4.69) is 60.3 Å². The molecule has 1 N–H and O–H groups in total. The number of carboxylic acids is 1. The predicted molar refractivity (Wildman–Crippen MR) is 133 cm³/mol. The summed E-state index contributed by atoms with van der Waals surface area (Å²) in [6.45, 7) is 18.6. The molecule has 0 heterocycles. The molecule has 0 aromatic rings. The number of nitrogens with zero attached hydrogens (tertiary/aromatic N) is 1. The van der Waals surface area contributed by atoms with E-state index in [4.69, 9.17) is 0 Å². The van der Waals surface area contributed by atoms with Crippen molar-refractivity contribution < 1.29 is 9.90 Å². The van der Waals surface area contributed by atoms with Crippen molar-refractivity contribution in [1.82, 2.24) is 0 Å². The van der Waals surface area contributed by atoms with Gasteiger partial charge in [0.15, 0.2) is 0 Å². The molecule has 0 amide bonds. The summed E-state index contributed by atoms with van der Waals surface area (Å²) in [6, 6.07) is 2.43. The van der Waals surface area contributed by atoms with Crippen LogP contribution in [0.3, 0.4) is 0 Å². The molecule has 3 fully saturated rings. The van der Waals surface area contributed by atoms with Crippen LogP contribution in [0.15, 0.2) is 23.8 Å². The van der Waals surface area contributed by atoms with E-state index in [9.17, 15) is 15.2 Å². The van der Waals surface area contributed by atoms with Crippen molar-refractivity contribution in [3.63, 3.8) is 0 Å². The van der Waals surface area contributed by atoms with E-state index in [0.717, 1.165) is 44.9 Å². The zero-order valence-corrected chi connectivity index (χ0v) is 21.8. The summed E-state index contributed by atoms with van der Waals surface area (Å²) in [7, 11) is 0. The maximum atomic E-state index is 12.8. The number of hydrogen-bond acceptors (Lipinski definition) is 2. The molecule has 4 aliphatic rings. The van der Waals surface area contributed by atoms with E-state index in [1.54, 1.807) is 0 Å². The molecule has 0 bridgehead atoms. The molecule has 4 aliphatic carbocycles. The van der Waals surface area contributed by atoms with Crippen molar-refractivity contribution in [2.45, 2.75) is 99.3 Å². The smallest absolute Gasteiger partial charge is 0.310 e. The van der Waals surface area contributed by atoms with E-state index < -0.39 is 11.4 Å². The van der Waals surface area contributed by atoms with Gasteiger partial charge in [-0.1, -0.05) is 58.4 Å². The van der Waals surface area contributed by atoms with E-state index in [-0.39, 0.29) is 22.2 Å². The molecular formula is C30H45NO2. The average molecular weight is 452 g/mol. The lowest BCUT2D eigenvalue weighted by Gasteiger charge is -2.69. The first kappa shape index (κ1) is 24.6. The minimum atomic E-state index is -0.584. The van der Waals surface area contributed by atoms with Crippen LogP contribution in [0.5, 0.6) is 0 Å². The van der Waals surface area contributed by atoms with Gasteiger partial charge >= 0.3 is 5.97 Å².